The van der Waals surface area contributed by atoms with Crippen molar-refractivity contribution in [1.29, 1.82) is 0 Å². The first-order valence-corrected chi connectivity index (χ1v) is 9.34. The van der Waals surface area contributed by atoms with Gasteiger partial charge in [0.2, 0.25) is 5.91 Å². The van der Waals surface area contributed by atoms with E-state index in [0.29, 0.717) is 25.2 Å². The lowest BCUT2D eigenvalue weighted by Crippen LogP contribution is -2.23. The number of hydrogen-bond donors (Lipinski definition) is 2. The molecule has 2 amide bonds. The number of nitrogens with zero attached hydrogens (tertiary/aromatic N) is 2. The maximum atomic E-state index is 12.4. The second-order valence-corrected chi connectivity index (χ2v) is 6.61. The van der Waals surface area contributed by atoms with E-state index in [-0.39, 0.29) is 17.5 Å². The fourth-order valence-corrected chi connectivity index (χ4v) is 2.86. The Kier molecular flexibility index (Phi) is 6.63. The number of nitrogens with one attached hydrogen (secondary N) is 2. The molecule has 0 saturated heterocycles. The Bertz CT molecular complexity index is 983. The van der Waals surface area contributed by atoms with Gasteiger partial charge in [-0.05, 0) is 29.7 Å². The lowest BCUT2D eigenvalue weighted by atomic mass is 10.1. The summed E-state index contributed by atoms with van der Waals surface area (Å²) in [6.07, 6.45) is 1.00. The van der Waals surface area contributed by atoms with Crippen LogP contribution in [0.15, 0.2) is 60.7 Å². The number of carbonyl (C=O) groups is 2. The van der Waals surface area contributed by atoms with Crippen LogP contribution in [0.2, 0.25) is 0 Å². The molecule has 0 unspecified atom stereocenters. The fraction of sp³-hybridized carbons (Fsp3) is 0.227. The van der Waals surface area contributed by atoms with E-state index >= 15 is 0 Å². The summed E-state index contributed by atoms with van der Waals surface area (Å²) in [5.41, 5.74) is 2.27. The molecule has 0 bridgehead atoms. The summed E-state index contributed by atoms with van der Waals surface area (Å²) < 4.78 is 6.67. The van der Waals surface area contributed by atoms with Gasteiger partial charge >= 0.3 is 0 Å². The third-order valence-electron chi connectivity index (χ3n) is 4.45. The molecule has 2 aromatic carbocycles. The largest absolute Gasteiger partial charge is 0.497 e. The quantitative estimate of drug-likeness (QED) is 0.617. The summed E-state index contributed by atoms with van der Waals surface area (Å²) in [5, 5.41) is 9.83. The van der Waals surface area contributed by atoms with Gasteiger partial charge in [-0.15, -0.1) is 0 Å². The molecule has 3 aromatic rings. The molecule has 0 aliphatic heterocycles. The molecule has 7 nitrogen and oxygen atoms in total. The predicted octanol–water partition coefficient (Wildman–Crippen LogP) is 2.93. The van der Waals surface area contributed by atoms with Gasteiger partial charge in [0.1, 0.15) is 11.6 Å². The van der Waals surface area contributed by atoms with Crippen molar-refractivity contribution in [2.75, 3.05) is 12.4 Å². The highest BCUT2D eigenvalue weighted by Gasteiger charge is 2.14. The number of benzene rings is 2. The molecule has 7 heteroatoms. The lowest BCUT2D eigenvalue weighted by molar-refractivity contribution is -0.116. The molecule has 29 heavy (non-hydrogen) atoms. The van der Waals surface area contributed by atoms with Crippen molar-refractivity contribution in [3.8, 4) is 5.75 Å². The Balaban J connectivity index is 1.54. The van der Waals surface area contributed by atoms with Crippen molar-refractivity contribution < 1.29 is 14.3 Å². The Hall–Kier alpha value is -3.61. The average molecular weight is 392 g/mol. The Morgan fingerprint density at radius 2 is 1.79 bits per heavy atom. The Morgan fingerprint density at radius 3 is 2.55 bits per heavy atom. The minimum Gasteiger partial charge on any atom is -0.497 e. The second kappa shape index (κ2) is 9.54. The molecular formula is C22H24N4O3. The van der Waals surface area contributed by atoms with Gasteiger partial charge in [-0.3, -0.25) is 14.3 Å². The van der Waals surface area contributed by atoms with E-state index in [1.807, 2.05) is 54.6 Å². The first kappa shape index (κ1) is 20.1. The molecule has 1 heterocycles. The van der Waals surface area contributed by atoms with Crippen molar-refractivity contribution >= 4 is 17.6 Å². The van der Waals surface area contributed by atoms with Crippen molar-refractivity contribution in [3.63, 3.8) is 0 Å². The molecule has 0 spiro atoms. The Morgan fingerprint density at radius 1 is 1.03 bits per heavy atom. The molecule has 3 rings (SSSR count). The monoisotopic (exact) mass is 392 g/mol. The van der Waals surface area contributed by atoms with Gasteiger partial charge < -0.3 is 15.4 Å². The van der Waals surface area contributed by atoms with E-state index in [9.17, 15) is 9.59 Å². The highest BCUT2D eigenvalue weighted by Crippen LogP contribution is 2.13. The SMILES string of the molecule is COc1cccc(CNC(=O)c2cc(NC(=O)CCc3ccccc3)n(C)n2)c1. The van der Waals surface area contributed by atoms with Crippen LogP contribution in [0.25, 0.3) is 0 Å². The molecular weight excluding hydrogens is 368 g/mol. The molecule has 0 fully saturated rings. The molecule has 2 N–H and O–H groups in total. The van der Waals surface area contributed by atoms with E-state index < -0.39 is 0 Å². The minimum absolute atomic E-state index is 0.125. The fourth-order valence-electron chi connectivity index (χ4n) is 2.86. The highest BCUT2D eigenvalue weighted by atomic mass is 16.5. The number of hydrogen-bond acceptors (Lipinski definition) is 4. The van der Waals surface area contributed by atoms with Gasteiger partial charge in [0.05, 0.1) is 7.11 Å². The van der Waals surface area contributed by atoms with E-state index in [1.54, 1.807) is 20.2 Å². The summed E-state index contributed by atoms with van der Waals surface area (Å²) in [4.78, 5) is 24.6. The van der Waals surface area contributed by atoms with Crippen LogP contribution < -0.4 is 15.4 Å². The van der Waals surface area contributed by atoms with Gasteiger partial charge in [-0.2, -0.15) is 5.10 Å². The molecule has 1 aromatic heterocycles. The predicted molar refractivity (Wildman–Crippen MR) is 111 cm³/mol. The van der Waals surface area contributed by atoms with Crippen LogP contribution in [0, 0.1) is 0 Å². The van der Waals surface area contributed by atoms with Gasteiger partial charge in [0.25, 0.3) is 5.91 Å². The maximum absolute atomic E-state index is 12.4. The van der Waals surface area contributed by atoms with Crippen molar-refractivity contribution in [2.45, 2.75) is 19.4 Å². The summed E-state index contributed by atoms with van der Waals surface area (Å²) >= 11 is 0. The van der Waals surface area contributed by atoms with Crippen molar-refractivity contribution in [3.05, 3.63) is 77.5 Å². The topological polar surface area (TPSA) is 85.3 Å². The van der Waals surface area contributed by atoms with Crippen LogP contribution in [-0.4, -0.2) is 28.7 Å². The number of aromatic nitrogens is 2. The number of amides is 2. The number of methoxy groups -OCH3 is 1. The van der Waals surface area contributed by atoms with Gasteiger partial charge in [-0.25, -0.2) is 0 Å². The Labute approximate surface area is 169 Å². The van der Waals surface area contributed by atoms with Crippen LogP contribution >= 0.6 is 0 Å². The highest BCUT2D eigenvalue weighted by molar-refractivity contribution is 5.95. The summed E-state index contributed by atoms with van der Waals surface area (Å²) in [5.74, 6) is 0.776. The van der Waals surface area contributed by atoms with E-state index in [0.717, 1.165) is 16.9 Å². The molecule has 0 aliphatic carbocycles. The number of anilines is 1. The molecule has 150 valence electrons. The van der Waals surface area contributed by atoms with Crippen LogP contribution in [-0.2, 0) is 24.8 Å². The number of rotatable bonds is 8. The maximum Gasteiger partial charge on any atom is 0.272 e. The number of aryl methyl sites for hydroxylation is 2. The number of carbonyl (C=O) groups excluding carboxylic acids is 2. The van der Waals surface area contributed by atoms with Crippen LogP contribution in [0.5, 0.6) is 5.75 Å². The lowest BCUT2D eigenvalue weighted by Gasteiger charge is -2.05. The number of ether oxygens (including phenoxy) is 1. The normalized spacial score (nSPS) is 10.4. The van der Waals surface area contributed by atoms with E-state index in [1.165, 1.54) is 4.68 Å². The smallest absolute Gasteiger partial charge is 0.272 e. The molecule has 0 atom stereocenters. The molecule has 0 saturated carbocycles. The first-order valence-electron chi connectivity index (χ1n) is 9.34. The second-order valence-electron chi connectivity index (χ2n) is 6.61. The van der Waals surface area contributed by atoms with E-state index in [4.69, 9.17) is 4.74 Å². The molecule has 0 radical (unpaired) electrons. The van der Waals surface area contributed by atoms with Crippen molar-refractivity contribution in [2.24, 2.45) is 7.05 Å². The standard InChI is InChI=1S/C22H24N4O3/c1-26-20(24-21(27)12-11-16-7-4-3-5-8-16)14-19(25-26)22(28)23-15-17-9-6-10-18(13-17)29-2/h3-10,13-14H,11-12,15H2,1-2H3,(H,23,28)(H,24,27). The summed E-state index contributed by atoms with van der Waals surface area (Å²) in [7, 11) is 3.28. The average Bonchev–Trinajstić information content (AvgIpc) is 3.11. The zero-order valence-electron chi connectivity index (χ0n) is 16.5. The zero-order valence-corrected chi connectivity index (χ0v) is 16.5. The van der Waals surface area contributed by atoms with Crippen molar-refractivity contribution in [1.82, 2.24) is 15.1 Å². The van der Waals surface area contributed by atoms with Gasteiger partial charge in [0.15, 0.2) is 5.69 Å². The first-order chi connectivity index (χ1) is 14.0. The van der Waals surface area contributed by atoms with Crippen LogP contribution in [0.1, 0.15) is 28.0 Å². The molecule has 0 aliphatic rings. The van der Waals surface area contributed by atoms with E-state index in [2.05, 4.69) is 15.7 Å². The third kappa shape index (κ3) is 5.68. The zero-order chi connectivity index (χ0) is 20.6. The van der Waals surface area contributed by atoms with Crippen LogP contribution in [0.4, 0.5) is 5.82 Å². The van der Waals surface area contributed by atoms with Gasteiger partial charge in [0, 0.05) is 26.1 Å². The van der Waals surface area contributed by atoms with Gasteiger partial charge in [-0.1, -0.05) is 42.5 Å². The third-order valence-corrected chi connectivity index (χ3v) is 4.45. The minimum atomic E-state index is -0.312. The summed E-state index contributed by atoms with van der Waals surface area (Å²) in [6.45, 7) is 0.353. The summed E-state index contributed by atoms with van der Waals surface area (Å²) in [6, 6.07) is 18.9. The van der Waals surface area contributed by atoms with Crippen LogP contribution in [0.3, 0.4) is 0 Å².